The van der Waals surface area contributed by atoms with E-state index >= 15 is 0 Å². The molecule has 4 rings (SSSR count). The van der Waals surface area contributed by atoms with Crippen molar-refractivity contribution < 1.29 is 4.74 Å². The maximum Gasteiger partial charge on any atom is 0.217 e. The standard InChI is InChI=1S/C21H28N4O/c1-21(2,3)20-23-11-17-13-25(10-8-18(17)24-20)12-16-5-4-9-22-19(16)26-14-15-6-7-15/h4-5,9,11,15H,6-8,10,12-14H2,1-3H3. The van der Waals surface area contributed by atoms with Gasteiger partial charge in [-0.3, -0.25) is 4.90 Å². The van der Waals surface area contributed by atoms with Gasteiger partial charge in [0.1, 0.15) is 5.82 Å². The first-order valence-electron chi connectivity index (χ1n) is 9.63. The Kier molecular flexibility index (Phi) is 4.65. The Hall–Kier alpha value is -2.01. The molecule has 5 heteroatoms. The molecular weight excluding hydrogens is 324 g/mol. The Morgan fingerprint density at radius 2 is 2.08 bits per heavy atom. The second-order valence-corrected chi connectivity index (χ2v) is 8.60. The van der Waals surface area contributed by atoms with Crippen LogP contribution < -0.4 is 4.74 Å². The van der Waals surface area contributed by atoms with Crippen molar-refractivity contribution >= 4 is 0 Å². The summed E-state index contributed by atoms with van der Waals surface area (Å²) in [4.78, 5) is 16.3. The topological polar surface area (TPSA) is 51.1 Å². The number of nitrogens with zero attached hydrogens (tertiary/aromatic N) is 4. The maximum absolute atomic E-state index is 5.96. The summed E-state index contributed by atoms with van der Waals surface area (Å²) in [6.07, 6.45) is 7.39. The molecule has 2 aromatic heterocycles. The molecule has 5 nitrogen and oxygen atoms in total. The highest BCUT2D eigenvalue weighted by atomic mass is 16.5. The summed E-state index contributed by atoms with van der Waals surface area (Å²) in [6.45, 7) is 10.0. The van der Waals surface area contributed by atoms with Crippen LogP contribution in [-0.2, 0) is 24.9 Å². The quantitative estimate of drug-likeness (QED) is 0.824. The van der Waals surface area contributed by atoms with Crippen LogP contribution in [0.5, 0.6) is 5.88 Å². The molecule has 1 aliphatic carbocycles. The lowest BCUT2D eigenvalue weighted by Crippen LogP contribution is -2.32. The summed E-state index contributed by atoms with van der Waals surface area (Å²) in [5.41, 5.74) is 3.62. The molecule has 0 saturated heterocycles. The van der Waals surface area contributed by atoms with Crippen molar-refractivity contribution in [1.29, 1.82) is 0 Å². The second kappa shape index (κ2) is 6.95. The van der Waals surface area contributed by atoms with E-state index in [1.807, 2.05) is 18.5 Å². The van der Waals surface area contributed by atoms with Gasteiger partial charge in [-0.15, -0.1) is 0 Å². The van der Waals surface area contributed by atoms with Gasteiger partial charge in [0.15, 0.2) is 0 Å². The van der Waals surface area contributed by atoms with Crippen LogP contribution >= 0.6 is 0 Å². The Labute approximate surface area is 155 Å². The van der Waals surface area contributed by atoms with E-state index < -0.39 is 0 Å². The third-order valence-electron chi connectivity index (χ3n) is 5.08. The van der Waals surface area contributed by atoms with Gasteiger partial charge in [0.2, 0.25) is 5.88 Å². The fraction of sp³-hybridized carbons (Fsp3) is 0.571. The molecular formula is C21H28N4O. The van der Waals surface area contributed by atoms with E-state index in [1.54, 1.807) is 0 Å². The Morgan fingerprint density at radius 3 is 2.85 bits per heavy atom. The molecule has 0 radical (unpaired) electrons. The van der Waals surface area contributed by atoms with Crippen molar-refractivity contribution in [3.8, 4) is 5.88 Å². The van der Waals surface area contributed by atoms with Crippen LogP contribution in [0.4, 0.5) is 0 Å². The molecule has 1 aliphatic heterocycles. The van der Waals surface area contributed by atoms with Crippen molar-refractivity contribution in [1.82, 2.24) is 19.9 Å². The first kappa shape index (κ1) is 17.4. The van der Waals surface area contributed by atoms with Crippen LogP contribution in [0.15, 0.2) is 24.5 Å². The van der Waals surface area contributed by atoms with E-state index in [-0.39, 0.29) is 5.41 Å². The van der Waals surface area contributed by atoms with E-state index in [0.29, 0.717) is 0 Å². The molecule has 2 aliphatic rings. The smallest absolute Gasteiger partial charge is 0.217 e. The Morgan fingerprint density at radius 1 is 1.23 bits per heavy atom. The van der Waals surface area contributed by atoms with Crippen LogP contribution in [0, 0.1) is 5.92 Å². The van der Waals surface area contributed by atoms with E-state index in [0.717, 1.165) is 50.3 Å². The monoisotopic (exact) mass is 352 g/mol. The lowest BCUT2D eigenvalue weighted by atomic mass is 9.95. The molecule has 3 heterocycles. The first-order chi connectivity index (χ1) is 12.5. The Bertz CT molecular complexity index is 780. The second-order valence-electron chi connectivity index (χ2n) is 8.60. The zero-order chi connectivity index (χ0) is 18.1. The van der Waals surface area contributed by atoms with E-state index in [9.17, 15) is 0 Å². The fourth-order valence-electron chi connectivity index (χ4n) is 3.27. The molecule has 2 aromatic rings. The van der Waals surface area contributed by atoms with Crippen LogP contribution in [0.2, 0.25) is 0 Å². The molecule has 0 N–H and O–H groups in total. The molecule has 0 bridgehead atoms. The summed E-state index contributed by atoms with van der Waals surface area (Å²) in [5.74, 6) is 2.47. The van der Waals surface area contributed by atoms with Gasteiger partial charge in [0.25, 0.3) is 0 Å². The van der Waals surface area contributed by atoms with Crippen molar-refractivity contribution in [3.63, 3.8) is 0 Å². The maximum atomic E-state index is 5.96. The lowest BCUT2D eigenvalue weighted by Gasteiger charge is -2.29. The molecule has 0 spiro atoms. The normalized spacial score (nSPS) is 17.8. The minimum Gasteiger partial charge on any atom is -0.477 e. The number of pyridine rings is 1. The van der Waals surface area contributed by atoms with Gasteiger partial charge in [-0.05, 0) is 24.8 Å². The molecule has 0 aromatic carbocycles. The highest BCUT2D eigenvalue weighted by Crippen LogP contribution is 2.30. The Balaban J connectivity index is 1.44. The van der Waals surface area contributed by atoms with E-state index in [1.165, 1.54) is 29.7 Å². The summed E-state index contributed by atoms with van der Waals surface area (Å²) < 4.78 is 5.96. The third-order valence-corrected chi connectivity index (χ3v) is 5.08. The minimum atomic E-state index is -0.00430. The predicted octanol–water partition coefficient (Wildman–Crippen LogP) is 3.52. The van der Waals surface area contributed by atoms with Crippen molar-refractivity contribution in [2.24, 2.45) is 5.92 Å². The SMILES string of the molecule is CC(C)(C)c1ncc2c(n1)CCN(Cc1cccnc1OCC1CC1)C2. The van der Waals surface area contributed by atoms with Crippen LogP contribution in [0.3, 0.4) is 0 Å². The largest absolute Gasteiger partial charge is 0.477 e. The highest BCUT2D eigenvalue weighted by Gasteiger charge is 2.25. The summed E-state index contributed by atoms with van der Waals surface area (Å²) in [6, 6.07) is 4.12. The number of aromatic nitrogens is 3. The number of fused-ring (bicyclic) bond motifs is 1. The van der Waals surface area contributed by atoms with Crippen molar-refractivity contribution in [2.75, 3.05) is 13.2 Å². The van der Waals surface area contributed by atoms with E-state index in [4.69, 9.17) is 9.72 Å². The molecule has 138 valence electrons. The lowest BCUT2D eigenvalue weighted by molar-refractivity contribution is 0.230. The zero-order valence-corrected chi connectivity index (χ0v) is 16.0. The molecule has 26 heavy (non-hydrogen) atoms. The molecule has 0 amide bonds. The number of ether oxygens (including phenoxy) is 1. The van der Waals surface area contributed by atoms with Gasteiger partial charge < -0.3 is 4.74 Å². The minimum absolute atomic E-state index is 0.00430. The summed E-state index contributed by atoms with van der Waals surface area (Å²) in [7, 11) is 0. The first-order valence-corrected chi connectivity index (χ1v) is 9.63. The molecule has 0 unspecified atom stereocenters. The number of hydrogen-bond donors (Lipinski definition) is 0. The van der Waals surface area contributed by atoms with Gasteiger partial charge >= 0.3 is 0 Å². The molecule has 0 atom stereocenters. The van der Waals surface area contributed by atoms with Gasteiger partial charge in [-0.2, -0.15) is 0 Å². The number of hydrogen-bond acceptors (Lipinski definition) is 5. The van der Waals surface area contributed by atoms with E-state index in [2.05, 4.69) is 41.7 Å². The number of rotatable bonds is 5. The van der Waals surface area contributed by atoms with Gasteiger partial charge in [0.05, 0.1) is 6.61 Å². The fourth-order valence-corrected chi connectivity index (χ4v) is 3.27. The van der Waals surface area contributed by atoms with Gasteiger partial charge in [0, 0.05) is 60.7 Å². The van der Waals surface area contributed by atoms with Crippen LogP contribution in [0.1, 0.15) is 56.3 Å². The summed E-state index contributed by atoms with van der Waals surface area (Å²) in [5, 5.41) is 0. The van der Waals surface area contributed by atoms with Gasteiger partial charge in [-0.1, -0.05) is 26.8 Å². The highest BCUT2D eigenvalue weighted by molar-refractivity contribution is 5.27. The van der Waals surface area contributed by atoms with Crippen molar-refractivity contribution in [3.05, 3.63) is 47.2 Å². The van der Waals surface area contributed by atoms with Gasteiger partial charge in [-0.25, -0.2) is 15.0 Å². The van der Waals surface area contributed by atoms with Crippen LogP contribution in [0.25, 0.3) is 0 Å². The predicted molar refractivity (Wildman–Crippen MR) is 101 cm³/mol. The molecule has 1 saturated carbocycles. The van der Waals surface area contributed by atoms with Crippen LogP contribution in [-0.4, -0.2) is 33.0 Å². The average Bonchev–Trinajstić information content (AvgIpc) is 3.44. The third kappa shape index (κ3) is 4.04. The van der Waals surface area contributed by atoms with Crippen molar-refractivity contribution in [2.45, 2.75) is 58.5 Å². The average molecular weight is 352 g/mol. The molecule has 1 fully saturated rings. The zero-order valence-electron chi connectivity index (χ0n) is 16.0. The summed E-state index contributed by atoms with van der Waals surface area (Å²) >= 11 is 0.